The van der Waals surface area contributed by atoms with Crippen molar-refractivity contribution in [1.29, 1.82) is 0 Å². The molecule has 0 spiro atoms. The molecule has 23 heavy (non-hydrogen) atoms. The predicted octanol–water partition coefficient (Wildman–Crippen LogP) is 3.56. The number of benzene rings is 2. The fourth-order valence-electron chi connectivity index (χ4n) is 2.64. The van der Waals surface area contributed by atoms with Gasteiger partial charge in [-0.1, -0.05) is 40.2 Å². The van der Waals surface area contributed by atoms with Crippen LogP contribution in [-0.2, 0) is 16.9 Å². The van der Waals surface area contributed by atoms with Gasteiger partial charge in [0.25, 0.3) is 5.91 Å². The highest BCUT2D eigenvalue weighted by atomic mass is 79.9. The maximum atomic E-state index is 13.1. The van der Waals surface area contributed by atoms with Crippen LogP contribution < -0.4 is 5.32 Å². The van der Waals surface area contributed by atoms with Crippen molar-refractivity contribution in [2.75, 3.05) is 0 Å². The Hall–Kier alpha value is -2.21. The summed E-state index contributed by atoms with van der Waals surface area (Å²) >= 11 is 3.37. The lowest BCUT2D eigenvalue weighted by molar-refractivity contribution is -0.131. The zero-order chi connectivity index (χ0) is 16.6. The zero-order valence-electron chi connectivity index (χ0n) is 12.3. The Bertz CT molecular complexity index is 778. The summed E-state index contributed by atoms with van der Waals surface area (Å²) in [7, 11) is 0. The number of nitrogens with one attached hydrogen (secondary N) is 1. The van der Waals surface area contributed by atoms with E-state index in [4.69, 9.17) is 0 Å². The maximum Gasteiger partial charge on any atom is 0.325 e. The SMILES string of the molecule is CC1(c2ccc(F)cc2)NC(=O)N(Cc2cccc(Br)c2)C1=O. The fourth-order valence-corrected chi connectivity index (χ4v) is 3.08. The van der Waals surface area contributed by atoms with Gasteiger partial charge in [-0.25, -0.2) is 9.18 Å². The van der Waals surface area contributed by atoms with Crippen molar-refractivity contribution in [3.8, 4) is 0 Å². The lowest BCUT2D eigenvalue weighted by atomic mass is 9.92. The average Bonchev–Trinajstić information content (AvgIpc) is 2.72. The lowest BCUT2D eigenvalue weighted by Gasteiger charge is -2.22. The monoisotopic (exact) mass is 376 g/mol. The molecule has 2 aromatic carbocycles. The molecule has 4 nitrogen and oxygen atoms in total. The topological polar surface area (TPSA) is 49.4 Å². The first kappa shape index (κ1) is 15.7. The van der Waals surface area contributed by atoms with Crippen LogP contribution in [0.2, 0.25) is 0 Å². The van der Waals surface area contributed by atoms with E-state index in [1.54, 1.807) is 6.92 Å². The van der Waals surface area contributed by atoms with Crippen LogP contribution in [0.3, 0.4) is 0 Å². The molecule has 3 rings (SSSR count). The van der Waals surface area contributed by atoms with Gasteiger partial charge in [0, 0.05) is 4.47 Å². The van der Waals surface area contributed by atoms with E-state index in [1.165, 1.54) is 29.2 Å². The van der Waals surface area contributed by atoms with Gasteiger partial charge >= 0.3 is 6.03 Å². The minimum Gasteiger partial charge on any atom is -0.319 e. The number of rotatable bonds is 3. The maximum absolute atomic E-state index is 13.1. The van der Waals surface area contributed by atoms with Gasteiger partial charge in [-0.2, -0.15) is 0 Å². The Kier molecular flexibility index (Phi) is 3.93. The second-order valence-corrected chi connectivity index (χ2v) is 6.50. The van der Waals surface area contributed by atoms with E-state index in [0.717, 1.165) is 10.0 Å². The molecule has 1 N–H and O–H groups in total. The van der Waals surface area contributed by atoms with Crippen LogP contribution in [0, 0.1) is 5.82 Å². The molecule has 0 radical (unpaired) electrons. The third-order valence-corrected chi connectivity index (χ3v) is 4.42. The van der Waals surface area contributed by atoms with Crippen LogP contribution in [0.4, 0.5) is 9.18 Å². The Morgan fingerprint density at radius 2 is 1.87 bits per heavy atom. The van der Waals surface area contributed by atoms with Crippen molar-refractivity contribution in [3.05, 3.63) is 69.9 Å². The highest BCUT2D eigenvalue weighted by Crippen LogP contribution is 2.30. The van der Waals surface area contributed by atoms with Crippen LogP contribution in [0.1, 0.15) is 18.1 Å². The molecular weight excluding hydrogens is 363 g/mol. The van der Waals surface area contributed by atoms with Crippen LogP contribution in [0.25, 0.3) is 0 Å². The molecule has 0 aliphatic carbocycles. The second kappa shape index (κ2) is 5.77. The zero-order valence-corrected chi connectivity index (χ0v) is 13.9. The molecule has 0 bridgehead atoms. The van der Waals surface area contributed by atoms with Crippen molar-refractivity contribution in [3.63, 3.8) is 0 Å². The van der Waals surface area contributed by atoms with Crippen LogP contribution in [-0.4, -0.2) is 16.8 Å². The van der Waals surface area contributed by atoms with Gasteiger partial charge in [-0.15, -0.1) is 0 Å². The smallest absolute Gasteiger partial charge is 0.319 e. The predicted molar refractivity (Wildman–Crippen MR) is 87.0 cm³/mol. The molecule has 1 heterocycles. The highest BCUT2D eigenvalue weighted by Gasteiger charge is 2.48. The van der Waals surface area contributed by atoms with E-state index in [9.17, 15) is 14.0 Å². The van der Waals surface area contributed by atoms with Crippen LogP contribution >= 0.6 is 15.9 Å². The van der Waals surface area contributed by atoms with Crippen molar-refractivity contribution < 1.29 is 14.0 Å². The summed E-state index contributed by atoms with van der Waals surface area (Å²) in [5, 5.41) is 2.70. The van der Waals surface area contributed by atoms with Gasteiger partial charge in [-0.05, 0) is 42.3 Å². The molecule has 1 aliphatic heterocycles. The van der Waals surface area contributed by atoms with Gasteiger partial charge in [-0.3, -0.25) is 9.69 Å². The molecule has 6 heteroatoms. The average molecular weight is 377 g/mol. The van der Waals surface area contributed by atoms with Crippen molar-refractivity contribution in [2.45, 2.75) is 19.0 Å². The minimum absolute atomic E-state index is 0.181. The lowest BCUT2D eigenvalue weighted by Crippen LogP contribution is -2.40. The molecule has 1 saturated heterocycles. The van der Waals surface area contributed by atoms with Gasteiger partial charge < -0.3 is 5.32 Å². The largest absolute Gasteiger partial charge is 0.325 e. The first-order valence-corrected chi connectivity index (χ1v) is 7.84. The number of amides is 3. The number of hydrogen-bond acceptors (Lipinski definition) is 2. The molecule has 118 valence electrons. The number of carbonyl (C=O) groups is 2. The Morgan fingerprint density at radius 1 is 1.17 bits per heavy atom. The second-order valence-electron chi connectivity index (χ2n) is 5.58. The van der Waals surface area contributed by atoms with E-state index in [-0.39, 0.29) is 18.3 Å². The van der Waals surface area contributed by atoms with Gasteiger partial charge in [0.1, 0.15) is 11.4 Å². The number of carbonyl (C=O) groups excluding carboxylic acids is 2. The van der Waals surface area contributed by atoms with Crippen LogP contribution in [0.15, 0.2) is 53.0 Å². The van der Waals surface area contributed by atoms with Gasteiger partial charge in [0.15, 0.2) is 0 Å². The van der Waals surface area contributed by atoms with Crippen molar-refractivity contribution >= 4 is 27.9 Å². The Labute approximate surface area is 141 Å². The fraction of sp³-hybridized carbons (Fsp3) is 0.176. The third-order valence-electron chi connectivity index (χ3n) is 3.93. The summed E-state index contributed by atoms with van der Waals surface area (Å²) < 4.78 is 14.0. The summed E-state index contributed by atoms with van der Waals surface area (Å²) in [4.78, 5) is 26.2. The van der Waals surface area contributed by atoms with Crippen LogP contribution in [0.5, 0.6) is 0 Å². The minimum atomic E-state index is -1.18. The molecule has 0 saturated carbocycles. The molecule has 1 unspecified atom stereocenters. The standard InChI is InChI=1S/C17H14BrFN2O2/c1-17(12-5-7-14(19)8-6-12)15(22)21(16(23)20-17)10-11-3-2-4-13(18)9-11/h2-9H,10H2,1H3,(H,20,23). The van der Waals surface area contributed by atoms with Gasteiger partial charge in [0.2, 0.25) is 0 Å². The molecule has 3 amide bonds. The Balaban J connectivity index is 1.89. The molecular formula is C17H14BrFN2O2. The number of halogens is 2. The Morgan fingerprint density at radius 3 is 2.52 bits per heavy atom. The van der Waals surface area contributed by atoms with Crippen molar-refractivity contribution in [2.24, 2.45) is 0 Å². The third kappa shape index (κ3) is 2.86. The summed E-state index contributed by atoms with van der Waals surface area (Å²) in [6.07, 6.45) is 0. The molecule has 0 aromatic heterocycles. The number of hydrogen-bond donors (Lipinski definition) is 1. The van der Waals surface area contributed by atoms with E-state index in [0.29, 0.717) is 5.56 Å². The first-order chi connectivity index (χ1) is 10.9. The highest BCUT2D eigenvalue weighted by molar-refractivity contribution is 9.10. The number of nitrogens with zero attached hydrogens (tertiary/aromatic N) is 1. The van der Waals surface area contributed by atoms with E-state index < -0.39 is 11.6 Å². The molecule has 1 atom stereocenters. The molecule has 1 aliphatic rings. The molecule has 1 fully saturated rings. The normalized spacial score (nSPS) is 20.7. The summed E-state index contributed by atoms with van der Waals surface area (Å²) in [5.74, 6) is -0.741. The summed E-state index contributed by atoms with van der Waals surface area (Å²) in [6.45, 7) is 1.81. The van der Waals surface area contributed by atoms with E-state index in [1.807, 2.05) is 24.3 Å². The first-order valence-electron chi connectivity index (χ1n) is 7.05. The molecule has 2 aromatic rings. The summed E-state index contributed by atoms with van der Waals surface area (Å²) in [5.41, 5.74) is 0.205. The number of imide groups is 1. The quantitative estimate of drug-likeness (QED) is 0.832. The van der Waals surface area contributed by atoms with E-state index >= 15 is 0 Å². The van der Waals surface area contributed by atoms with Gasteiger partial charge in [0.05, 0.1) is 6.54 Å². The van der Waals surface area contributed by atoms with E-state index in [2.05, 4.69) is 21.2 Å². The van der Waals surface area contributed by atoms with Crippen molar-refractivity contribution in [1.82, 2.24) is 10.2 Å². The number of urea groups is 1. The summed E-state index contributed by atoms with van der Waals surface area (Å²) in [6, 6.07) is 12.5.